The molecule has 1 saturated heterocycles. The third-order valence-corrected chi connectivity index (χ3v) is 7.83. The normalized spacial score (nSPS) is 15.1. The lowest BCUT2D eigenvalue weighted by Gasteiger charge is -2.29. The van der Waals surface area contributed by atoms with Crippen molar-refractivity contribution in [3.63, 3.8) is 0 Å². The van der Waals surface area contributed by atoms with E-state index in [0.717, 1.165) is 40.5 Å². The van der Waals surface area contributed by atoms with Crippen molar-refractivity contribution < 1.29 is 19.1 Å². The van der Waals surface area contributed by atoms with Gasteiger partial charge < -0.3 is 34.5 Å². The lowest BCUT2D eigenvalue weighted by Crippen LogP contribution is -2.40. The number of anilines is 2. The highest BCUT2D eigenvalue weighted by molar-refractivity contribution is 5.94. The van der Waals surface area contributed by atoms with Crippen molar-refractivity contribution in [2.75, 3.05) is 43.6 Å². The standard InChI is InChI=1S/C34H37N7O4/c1-24(18-25-6-9-29(44-2)10-7-25)37-32(42)20-26-4-3-5-28(19-26)41-22-30(33-35-12-13-40(33)23-41)38-31-11-8-27(21-36-31)34(43)39-14-16-45-17-15-39/h3-13,19,21-22,24H,14-18,20,23H2,1-2H3,(H,36,38)(H,37,42). The van der Waals surface area contributed by atoms with Crippen LogP contribution in [0.4, 0.5) is 11.5 Å². The van der Waals surface area contributed by atoms with E-state index in [1.807, 2.05) is 72.4 Å². The van der Waals surface area contributed by atoms with Crippen LogP contribution in [0.25, 0.3) is 5.70 Å². The fraction of sp³-hybridized carbons (Fsp3) is 0.294. The molecule has 1 unspecified atom stereocenters. The Morgan fingerprint density at radius 1 is 1.02 bits per heavy atom. The second kappa shape index (κ2) is 13.6. The Morgan fingerprint density at radius 3 is 2.60 bits per heavy atom. The monoisotopic (exact) mass is 607 g/mol. The van der Waals surface area contributed by atoms with Crippen molar-refractivity contribution in [2.45, 2.75) is 32.5 Å². The molecule has 2 aromatic carbocycles. The molecule has 2 amide bonds. The molecule has 0 radical (unpaired) electrons. The quantitative estimate of drug-likeness (QED) is 0.279. The zero-order valence-corrected chi connectivity index (χ0v) is 25.5. The maximum absolute atomic E-state index is 12.9. The molecule has 1 fully saturated rings. The molecule has 0 saturated carbocycles. The minimum absolute atomic E-state index is 0.00689. The molecular weight excluding hydrogens is 570 g/mol. The van der Waals surface area contributed by atoms with Gasteiger partial charge in [0, 0.05) is 49.6 Å². The largest absolute Gasteiger partial charge is 0.497 e. The summed E-state index contributed by atoms with van der Waals surface area (Å²) in [6.07, 6.45) is 8.29. The fourth-order valence-corrected chi connectivity index (χ4v) is 5.53. The van der Waals surface area contributed by atoms with Gasteiger partial charge in [-0.3, -0.25) is 9.59 Å². The summed E-state index contributed by atoms with van der Waals surface area (Å²) < 4.78 is 12.6. The van der Waals surface area contributed by atoms with E-state index in [0.29, 0.717) is 44.4 Å². The fourth-order valence-electron chi connectivity index (χ4n) is 5.53. The first-order chi connectivity index (χ1) is 21.9. The summed E-state index contributed by atoms with van der Waals surface area (Å²) in [4.78, 5) is 38.7. The van der Waals surface area contributed by atoms with Gasteiger partial charge in [-0.25, -0.2) is 9.97 Å². The highest BCUT2D eigenvalue weighted by Crippen LogP contribution is 2.27. The number of morpholine rings is 1. The average molecular weight is 608 g/mol. The molecule has 11 nitrogen and oxygen atoms in total. The van der Waals surface area contributed by atoms with Gasteiger partial charge in [-0.15, -0.1) is 0 Å². The maximum atomic E-state index is 12.9. The molecule has 4 heterocycles. The van der Waals surface area contributed by atoms with E-state index in [2.05, 4.69) is 25.5 Å². The van der Waals surface area contributed by atoms with E-state index >= 15 is 0 Å². The van der Waals surface area contributed by atoms with Gasteiger partial charge in [0.2, 0.25) is 5.91 Å². The smallest absolute Gasteiger partial charge is 0.255 e. The summed E-state index contributed by atoms with van der Waals surface area (Å²) in [5.41, 5.74) is 4.31. The summed E-state index contributed by atoms with van der Waals surface area (Å²) in [7, 11) is 1.65. The molecule has 232 valence electrons. The Bertz CT molecular complexity index is 1660. The molecule has 11 heteroatoms. The molecule has 0 aliphatic carbocycles. The number of carbonyl (C=O) groups excluding carboxylic acids is 2. The van der Waals surface area contributed by atoms with E-state index in [1.165, 1.54) is 0 Å². The van der Waals surface area contributed by atoms with Crippen molar-refractivity contribution in [3.8, 4) is 5.75 Å². The van der Waals surface area contributed by atoms with E-state index < -0.39 is 0 Å². The van der Waals surface area contributed by atoms with E-state index in [9.17, 15) is 9.59 Å². The minimum Gasteiger partial charge on any atom is -0.497 e. The Morgan fingerprint density at radius 2 is 1.84 bits per heavy atom. The Labute approximate surface area is 262 Å². The predicted octanol–water partition coefficient (Wildman–Crippen LogP) is 3.94. The maximum Gasteiger partial charge on any atom is 0.255 e. The van der Waals surface area contributed by atoms with Gasteiger partial charge in [-0.05, 0) is 60.9 Å². The number of imidazole rings is 1. The summed E-state index contributed by atoms with van der Waals surface area (Å²) in [5, 5.41) is 6.50. The van der Waals surface area contributed by atoms with Gasteiger partial charge in [0.05, 0.1) is 38.0 Å². The number of carbonyl (C=O) groups is 2. The molecule has 0 bridgehead atoms. The number of hydrogen-bond acceptors (Lipinski definition) is 8. The summed E-state index contributed by atoms with van der Waals surface area (Å²) in [6, 6.07) is 19.5. The number of ether oxygens (including phenoxy) is 2. The van der Waals surface area contributed by atoms with Crippen LogP contribution >= 0.6 is 0 Å². The van der Waals surface area contributed by atoms with Crippen LogP contribution in [0.3, 0.4) is 0 Å². The van der Waals surface area contributed by atoms with Crippen molar-refractivity contribution >= 4 is 29.0 Å². The molecule has 6 rings (SSSR count). The third-order valence-electron chi connectivity index (χ3n) is 7.83. The number of methoxy groups -OCH3 is 1. The number of amides is 2. The molecular formula is C34H37N7O4. The minimum atomic E-state index is -0.0452. The number of pyridine rings is 1. The number of benzene rings is 2. The summed E-state index contributed by atoms with van der Waals surface area (Å²) in [5.74, 6) is 2.13. The average Bonchev–Trinajstić information content (AvgIpc) is 3.55. The van der Waals surface area contributed by atoms with Crippen LogP contribution in [0, 0.1) is 0 Å². The van der Waals surface area contributed by atoms with Crippen molar-refractivity contribution in [3.05, 3.63) is 108 Å². The van der Waals surface area contributed by atoms with Crippen LogP contribution in [0.15, 0.2) is 85.5 Å². The number of nitrogens with one attached hydrogen (secondary N) is 2. The van der Waals surface area contributed by atoms with Gasteiger partial charge in [0.1, 0.15) is 18.2 Å². The number of hydrogen-bond donors (Lipinski definition) is 2. The number of nitrogens with zero attached hydrogens (tertiary/aromatic N) is 5. The lowest BCUT2D eigenvalue weighted by molar-refractivity contribution is -0.121. The first-order valence-electron chi connectivity index (χ1n) is 15.1. The molecule has 0 spiro atoms. The Balaban J connectivity index is 1.11. The van der Waals surface area contributed by atoms with Crippen LogP contribution in [-0.4, -0.2) is 70.7 Å². The Kier molecular flexibility index (Phi) is 9.06. The summed E-state index contributed by atoms with van der Waals surface area (Å²) in [6.45, 7) is 4.85. The zero-order chi connectivity index (χ0) is 31.2. The number of fused-ring (bicyclic) bond motifs is 1. The molecule has 2 N–H and O–H groups in total. The second-order valence-corrected chi connectivity index (χ2v) is 11.2. The number of rotatable bonds is 10. The molecule has 2 aromatic heterocycles. The van der Waals surface area contributed by atoms with Gasteiger partial charge in [-0.1, -0.05) is 24.3 Å². The molecule has 1 atom stereocenters. The molecule has 2 aliphatic heterocycles. The molecule has 2 aliphatic rings. The first kappa shape index (κ1) is 29.9. The second-order valence-electron chi connectivity index (χ2n) is 11.2. The van der Waals surface area contributed by atoms with Crippen LogP contribution in [0.1, 0.15) is 34.2 Å². The van der Waals surface area contributed by atoms with Crippen molar-refractivity contribution in [2.24, 2.45) is 0 Å². The van der Waals surface area contributed by atoms with Gasteiger partial charge in [-0.2, -0.15) is 0 Å². The molecule has 4 aromatic rings. The van der Waals surface area contributed by atoms with E-state index in [4.69, 9.17) is 9.47 Å². The van der Waals surface area contributed by atoms with Crippen LogP contribution in [-0.2, 0) is 29.0 Å². The lowest BCUT2D eigenvalue weighted by atomic mass is 10.1. The predicted molar refractivity (Wildman–Crippen MR) is 172 cm³/mol. The molecule has 45 heavy (non-hydrogen) atoms. The van der Waals surface area contributed by atoms with E-state index in [-0.39, 0.29) is 24.3 Å². The Hall–Kier alpha value is -5.16. The van der Waals surface area contributed by atoms with Crippen molar-refractivity contribution in [1.82, 2.24) is 24.8 Å². The third kappa shape index (κ3) is 7.32. The van der Waals surface area contributed by atoms with Gasteiger partial charge >= 0.3 is 0 Å². The zero-order valence-electron chi connectivity index (χ0n) is 25.5. The van der Waals surface area contributed by atoms with Crippen LogP contribution in [0.2, 0.25) is 0 Å². The number of aromatic nitrogens is 3. The summed E-state index contributed by atoms with van der Waals surface area (Å²) >= 11 is 0. The SMILES string of the molecule is COc1ccc(CC(C)NC(=O)Cc2cccc(N3C=C(Nc4ccc(C(=O)N5CCOCC5)cn4)c4nccn4C3)c2)cc1. The van der Waals surface area contributed by atoms with Crippen molar-refractivity contribution in [1.29, 1.82) is 0 Å². The van der Waals surface area contributed by atoms with Gasteiger partial charge in [0.15, 0.2) is 5.82 Å². The van der Waals surface area contributed by atoms with Crippen LogP contribution < -0.4 is 20.3 Å². The topological polar surface area (TPSA) is 114 Å². The highest BCUT2D eigenvalue weighted by Gasteiger charge is 2.22. The van der Waals surface area contributed by atoms with Crippen LogP contribution in [0.5, 0.6) is 5.75 Å². The van der Waals surface area contributed by atoms with E-state index in [1.54, 1.807) is 36.5 Å². The highest BCUT2D eigenvalue weighted by atomic mass is 16.5. The van der Waals surface area contributed by atoms with Gasteiger partial charge in [0.25, 0.3) is 5.91 Å². The first-order valence-corrected chi connectivity index (χ1v) is 15.1.